The Balaban J connectivity index is 1.67. The second-order valence-electron chi connectivity index (χ2n) is 7.37. The van der Waals surface area contributed by atoms with Crippen LogP contribution in [0.5, 0.6) is 5.75 Å². The van der Waals surface area contributed by atoms with E-state index in [9.17, 15) is 0 Å². The predicted octanol–water partition coefficient (Wildman–Crippen LogP) is 5.03. The molecule has 0 aliphatic heterocycles. The molecule has 0 bridgehead atoms. The minimum atomic E-state index is 0.0551. The molecule has 3 rings (SSSR count). The van der Waals surface area contributed by atoms with E-state index in [0.29, 0.717) is 0 Å². The highest BCUT2D eigenvalue weighted by Crippen LogP contribution is 2.27. The number of hydrogen-bond donors (Lipinski definition) is 2. The van der Waals surface area contributed by atoms with Crippen LogP contribution in [0.1, 0.15) is 48.1 Å². The lowest BCUT2D eigenvalue weighted by Crippen LogP contribution is -2.25. The van der Waals surface area contributed by atoms with Crippen molar-refractivity contribution in [3.05, 3.63) is 101 Å². The van der Waals surface area contributed by atoms with Gasteiger partial charge < -0.3 is 15.8 Å². The van der Waals surface area contributed by atoms with Crippen molar-refractivity contribution in [2.24, 2.45) is 5.73 Å². The highest BCUT2D eigenvalue weighted by Gasteiger charge is 2.18. The molecule has 0 aliphatic carbocycles. The molecule has 3 nitrogen and oxygen atoms in total. The lowest BCUT2D eigenvalue weighted by molar-refractivity contribution is 0.413. The van der Waals surface area contributed by atoms with E-state index in [1.807, 2.05) is 18.2 Å². The maximum atomic E-state index is 6.30. The molecular weight excluding hydrogens is 344 g/mol. The van der Waals surface area contributed by atoms with Crippen LogP contribution in [0.15, 0.2) is 78.9 Å². The molecule has 0 fully saturated rings. The molecule has 0 aromatic heterocycles. The second-order valence-corrected chi connectivity index (χ2v) is 7.37. The van der Waals surface area contributed by atoms with E-state index in [4.69, 9.17) is 10.5 Å². The quantitative estimate of drug-likeness (QED) is 0.582. The van der Waals surface area contributed by atoms with Crippen LogP contribution in [0, 0.1) is 0 Å². The number of ether oxygens (including phenoxy) is 1. The summed E-state index contributed by atoms with van der Waals surface area (Å²) in [6.07, 6.45) is 0. The summed E-state index contributed by atoms with van der Waals surface area (Å²) in [6, 6.07) is 27.8. The van der Waals surface area contributed by atoms with E-state index >= 15 is 0 Å². The average molecular weight is 375 g/mol. The highest BCUT2D eigenvalue weighted by atomic mass is 16.5. The first kappa shape index (κ1) is 20.1. The zero-order chi connectivity index (χ0) is 19.9. The monoisotopic (exact) mass is 374 g/mol. The first-order chi connectivity index (χ1) is 13.6. The van der Waals surface area contributed by atoms with Crippen molar-refractivity contribution in [1.29, 1.82) is 0 Å². The van der Waals surface area contributed by atoms with Gasteiger partial charge in [-0.1, -0.05) is 66.7 Å². The minimum absolute atomic E-state index is 0.0551. The molecule has 146 valence electrons. The maximum absolute atomic E-state index is 6.30. The fraction of sp³-hybridized carbons (Fsp3) is 0.280. The van der Waals surface area contributed by atoms with Gasteiger partial charge in [-0.15, -0.1) is 0 Å². The molecule has 0 saturated carbocycles. The van der Waals surface area contributed by atoms with Crippen LogP contribution in [0.4, 0.5) is 0 Å². The number of methoxy groups -OCH3 is 1. The van der Waals surface area contributed by atoms with Crippen LogP contribution in [0.25, 0.3) is 0 Å². The Morgan fingerprint density at radius 1 is 0.821 bits per heavy atom. The van der Waals surface area contributed by atoms with Gasteiger partial charge in [0, 0.05) is 24.5 Å². The summed E-state index contributed by atoms with van der Waals surface area (Å²) in [5.41, 5.74) is 11.3. The zero-order valence-electron chi connectivity index (χ0n) is 16.9. The first-order valence-corrected chi connectivity index (χ1v) is 9.85. The Labute approximate surface area is 168 Å². The van der Waals surface area contributed by atoms with Crippen molar-refractivity contribution in [2.75, 3.05) is 7.11 Å². The van der Waals surface area contributed by atoms with E-state index in [0.717, 1.165) is 12.3 Å². The Hall–Kier alpha value is -2.62. The molecular formula is C25H30N2O. The number of nitrogens with one attached hydrogen (secondary N) is 1. The highest BCUT2D eigenvalue weighted by molar-refractivity contribution is 5.36. The SMILES string of the molecule is COc1cccc([C@@H](C)NCc2ccc(C(c3ccccc3)C(C)N)cc2)c1. The van der Waals surface area contributed by atoms with Crippen LogP contribution in [0.3, 0.4) is 0 Å². The molecule has 28 heavy (non-hydrogen) atoms. The molecule has 0 aliphatic rings. The third-order valence-corrected chi connectivity index (χ3v) is 5.23. The fourth-order valence-corrected chi connectivity index (χ4v) is 3.60. The molecule has 2 unspecified atom stereocenters. The number of nitrogens with two attached hydrogens (primary N) is 1. The van der Waals surface area contributed by atoms with Gasteiger partial charge in [0.05, 0.1) is 7.11 Å². The fourth-order valence-electron chi connectivity index (χ4n) is 3.60. The lowest BCUT2D eigenvalue weighted by Gasteiger charge is -2.22. The predicted molar refractivity (Wildman–Crippen MR) is 117 cm³/mol. The van der Waals surface area contributed by atoms with E-state index in [1.165, 1.54) is 22.3 Å². The van der Waals surface area contributed by atoms with Crippen molar-refractivity contribution in [3.63, 3.8) is 0 Å². The zero-order valence-corrected chi connectivity index (χ0v) is 16.9. The van der Waals surface area contributed by atoms with E-state index in [1.54, 1.807) is 7.11 Å². The topological polar surface area (TPSA) is 47.3 Å². The third kappa shape index (κ3) is 5.00. The molecule has 0 heterocycles. The van der Waals surface area contributed by atoms with Gasteiger partial charge in [-0.05, 0) is 48.2 Å². The Morgan fingerprint density at radius 3 is 2.11 bits per heavy atom. The van der Waals surface area contributed by atoms with Crippen molar-refractivity contribution in [2.45, 2.75) is 38.4 Å². The smallest absolute Gasteiger partial charge is 0.119 e. The Bertz CT molecular complexity index is 859. The molecule has 0 saturated heterocycles. The van der Waals surface area contributed by atoms with E-state index in [-0.39, 0.29) is 18.0 Å². The summed E-state index contributed by atoms with van der Waals surface area (Å²) < 4.78 is 5.32. The molecule has 3 aromatic rings. The number of benzene rings is 3. The molecule has 3 N–H and O–H groups in total. The summed E-state index contributed by atoms with van der Waals surface area (Å²) in [7, 11) is 1.70. The van der Waals surface area contributed by atoms with Crippen LogP contribution in [-0.4, -0.2) is 13.2 Å². The van der Waals surface area contributed by atoms with Crippen molar-refractivity contribution in [1.82, 2.24) is 5.32 Å². The molecule has 3 aromatic carbocycles. The summed E-state index contributed by atoms with van der Waals surface area (Å²) >= 11 is 0. The average Bonchev–Trinajstić information content (AvgIpc) is 2.73. The normalized spacial score (nSPS) is 14.3. The summed E-state index contributed by atoms with van der Waals surface area (Å²) in [5.74, 6) is 1.09. The second kappa shape index (κ2) is 9.54. The first-order valence-electron chi connectivity index (χ1n) is 9.85. The van der Waals surface area contributed by atoms with Gasteiger partial charge >= 0.3 is 0 Å². The van der Waals surface area contributed by atoms with Crippen molar-refractivity contribution >= 4 is 0 Å². The number of hydrogen-bond acceptors (Lipinski definition) is 3. The van der Waals surface area contributed by atoms with Crippen molar-refractivity contribution < 1.29 is 4.74 Å². The van der Waals surface area contributed by atoms with Gasteiger partial charge in [-0.3, -0.25) is 0 Å². The molecule has 0 radical (unpaired) electrons. The largest absolute Gasteiger partial charge is 0.497 e. The molecule has 3 heteroatoms. The van der Waals surface area contributed by atoms with Crippen LogP contribution in [-0.2, 0) is 6.54 Å². The minimum Gasteiger partial charge on any atom is -0.497 e. The van der Waals surface area contributed by atoms with Crippen LogP contribution < -0.4 is 15.8 Å². The number of rotatable bonds is 8. The Kier molecular flexibility index (Phi) is 6.85. The van der Waals surface area contributed by atoms with Crippen LogP contribution in [0.2, 0.25) is 0 Å². The van der Waals surface area contributed by atoms with E-state index < -0.39 is 0 Å². The maximum Gasteiger partial charge on any atom is 0.119 e. The van der Waals surface area contributed by atoms with Gasteiger partial charge in [0.1, 0.15) is 5.75 Å². The van der Waals surface area contributed by atoms with Gasteiger partial charge in [0.25, 0.3) is 0 Å². The van der Waals surface area contributed by atoms with Crippen LogP contribution >= 0.6 is 0 Å². The van der Waals surface area contributed by atoms with Crippen molar-refractivity contribution in [3.8, 4) is 5.75 Å². The summed E-state index contributed by atoms with van der Waals surface area (Å²) in [4.78, 5) is 0. The Morgan fingerprint density at radius 2 is 1.46 bits per heavy atom. The standard InChI is InChI=1S/C25H30N2O/c1-18(26)25(21-8-5-4-6-9-21)22-14-12-20(13-15-22)17-27-19(2)23-10-7-11-24(16-23)28-3/h4-16,18-19,25,27H,17,26H2,1-3H3/t18?,19-,25?/m1/s1. The van der Waals surface area contributed by atoms with Gasteiger partial charge in [0.2, 0.25) is 0 Å². The van der Waals surface area contributed by atoms with E-state index in [2.05, 4.69) is 79.8 Å². The summed E-state index contributed by atoms with van der Waals surface area (Å²) in [5, 5.41) is 3.59. The molecule has 3 atom stereocenters. The molecule has 0 amide bonds. The van der Waals surface area contributed by atoms with Gasteiger partial charge in [-0.2, -0.15) is 0 Å². The summed E-state index contributed by atoms with van der Waals surface area (Å²) in [6.45, 7) is 5.06. The van der Waals surface area contributed by atoms with Gasteiger partial charge in [-0.25, -0.2) is 0 Å². The lowest BCUT2D eigenvalue weighted by atomic mass is 9.86. The molecule has 0 spiro atoms. The van der Waals surface area contributed by atoms with Gasteiger partial charge in [0.15, 0.2) is 0 Å². The third-order valence-electron chi connectivity index (χ3n) is 5.23.